The molecule has 2 aromatic carbocycles. The number of primary amides is 1. The van der Waals surface area contributed by atoms with Crippen LogP contribution in [0.5, 0.6) is 0 Å². The van der Waals surface area contributed by atoms with Crippen molar-refractivity contribution >= 4 is 23.6 Å². The molecular formula is C24H23N5O3. The summed E-state index contributed by atoms with van der Waals surface area (Å²) < 4.78 is 4.86. The second-order valence-electron chi connectivity index (χ2n) is 7.54. The Hall–Kier alpha value is -4.04. The minimum absolute atomic E-state index is 0.201. The van der Waals surface area contributed by atoms with Crippen LogP contribution in [0.4, 0.5) is 10.5 Å². The lowest BCUT2D eigenvalue weighted by Gasteiger charge is -2.23. The van der Waals surface area contributed by atoms with E-state index in [0.717, 1.165) is 22.3 Å². The Morgan fingerprint density at radius 1 is 1.09 bits per heavy atom. The number of anilines is 1. The van der Waals surface area contributed by atoms with Gasteiger partial charge in [-0.05, 0) is 59.4 Å². The summed E-state index contributed by atoms with van der Waals surface area (Å²) in [6.07, 6.45) is 3.19. The van der Waals surface area contributed by atoms with Crippen LogP contribution in [0.25, 0.3) is 11.1 Å². The Balaban J connectivity index is 1.71. The third-order valence-corrected chi connectivity index (χ3v) is 5.45. The molecule has 5 N–H and O–H groups in total. The zero-order chi connectivity index (χ0) is 22.7. The molecule has 2 heterocycles. The van der Waals surface area contributed by atoms with E-state index in [1.165, 1.54) is 0 Å². The molecule has 3 aromatic rings. The van der Waals surface area contributed by atoms with Crippen LogP contribution in [0.3, 0.4) is 0 Å². The largest absolute Gasteiger partial charge is 0.411 e. The number of pyridine rings is 1. The molecule has 162 valence electrons. The number of rotatable bonds is 5. The number of nitrogens with zero attached hydrogens (tertiary/aromatic N) is 2. The van der Waals surface area contributed by atoms with E-state index in [4.69, 9.17) is 21.6 Å². The van der Waals surface area contributed by atoms with E-state index >= 15 is 0 Å². The van der Waals surface area contributed by atoms with Gasteiger partial charge < -0.3 is 21.1 Å². The van der Waals surface area contributed by atoms with Crippen LogP contribution in [-0.2, 0) is 22.4 Å². The van der Waals surface area contributed by atoms with Crippen LogP contribution in [0, 0.1) is 5.41 Å². The lowest BCUT2D eigenvalue weighted by atomic mass is 9.97. The second kappa shape index (κ2) is 8.99. The molecule has 0 saturated heterocycles. The smallest absolute Gasteiger partial charge is 0.391 e. The van der Waals surface area contributed by atoms with Gasteiger partial charge in [0, 0.05) is 30.2 Å². The van der Waals surface area contributed by atoms with E-state index in [1.54, 1.807) is 23.4 Å². The van der Waals surface area contributed by atoms with Crippen molar-refractivity contribution in [3.05, 3.63) is 83.7 Å². The van der Waals surface area contributed by atoms with Gasteiger partial charge in [-0.25, -0.2) is 4.79 Å². The van der Waals surface area contributed by atoms with Crippen molar-refractivity contribution in [2.24, 2.45) is 11.5 Å². The Bertz CT molecular complexity index is 1170. The summed E-state index contributed by atoms with van der Waals surface area (Å²) in [5.74, 6) is -0.555. The molecule has 2 amide bonds. The van der Waals surface area contributed by atoms with Crippen molar-refractivity contribution in [2.45, 2.75) is 18.9 Å². The standard InChI is InChI=1S/C24H23N5O3/c25-20(12-15-4-2-1-3-5-15)23(30)29-11-8-18-19(22(26)32-24(27)31)13-17(14-21(18)29)16-6-9-28-10-7-16/h1-7,9-10,13-14,20,26H,8,11-12,25H2,(H2,27,31). The molecule has 1 unspecified atom stereocenters. The average molecular weight is 429 g/mol. The highest BCUT2D eigenvalue weighted by Crippen LogP contribution is 2.36. The maximum absolute atomic E-state index is 13.3. The highest BCUT2D eigenvalue weighted by molar-refractivity contribution is 6.05. The fraction of sp³-hybridized carbons (Fsp3) is 0.167. The van der Waals surface area contributed by atoms with Crippen molar-refractivity contribution in [3.8, 4) is 11.1 Å². The number of amides is 2. The zero-order valence-electron chi connectivity index (χ0n) is 17.3. The summed E-state index contributed by atoms with van der Waals surface area (Å²) in [4.78, 5) is 30.2. The van der Waals surface area contributed by atoms with Gasteiger partial charge in [-0.2, -0.15) is 0 Å². The molecular weight excluding hydrogens is 406 g/mol. The van der Waals surface area contributed by atoms with Gasteiger partial charge in [0.25, 0.3) is 0 Å². The first-order chi connectivity index (χ1) is 15.4. The second-order valence-corrected chi connectivity index (χ2v) is 7.54. The zero-order valence-corrected chi connectivity index (χ0v) is 17.3. The number of nitrogens with one attached hydrogen (secondary N) is 1. The number of hydrogen-bond donors (Lipinski definition) is 3. The van der Waals surface area contributed by atoms with Crippen molar-refractivity contribution < 1.29 is 14.3 Å². The highest BCUT2D eigenvalue weighted by atomic mass is 16.6. The highest BCUT2D eigenvalue weighted by Gasteiger charge is 2.32. The number of ether oxygens (including phenoxy) is 1. The van der Waals surface area contributed by atoms with E-state index in [9.17, 15) is 9.59 Å². The molecule has 0 fully saturated rings. The van der Waals surface area contributed by atoms with Crippen molar-refractivity contribution in [2.75, 3.05) is 11.4 Å². The van der Waals surface area contributed by atoms with E-state index in [2.05, 4.69) is 4.98 Å². The van der Waals surface area contributed by atoms with Crippen molar-refractivity contribution in [1.82, 2.24) is 4.98 Å². The quantitative estimate of drug-likeness (QED) is 0.423. The number of fused-ring (bicyclic) bond motifs is 1. The minimum atomic E-state index is -1.06. The molecule has 32 heavy (non-hydrogen) atoms. The molecule has 0 spiro atoms. The van der Waals surface area contributed by atoms with Crippen LogP contribution >= 0.6 is 0 Å². The molecule has 0 aliphatic carbocycles. The molecule has 1 aliphatic heterocycles. The molecule has 0 radical (unpaired) electrons. The van der Waals surface area contributed by atoms with E-state index in [0.29, 0.717) is 30.6 Å². The topological polar surface area (TPSA) is 135 Å². The molecule has 1 atom stereocenters. The minimum Gasteiger partial charge on any atom is -0.391 e. The maximum Gasteiger partial charge on any atom is 0.411 e. The summed E-state index contributed by atoms with van der Waals surface area (Å²) in [5, 5.41) is 8.23. The Kier molecular flexibility index (Phi) is 5.96. The van der Waals surface area contributed by atoms with Gasteiger partial charge in [0.05, 0.1) is 6.04 Å². The van der Waals surface area contributed by atoms with Gasteiger partial charge in [0.2, 0.25) is 11.8 Å². The van der Waals surface area contributed by atoms with E-state index in [-0.39, 0.29) is 11.8 Å². The summed E-state index contributed by atoms with van der Waals surface area (Å²) in [5.41, 5.74) is 15.8. The molecule has 8 nitrogen and oxygen atoms in total. The van der Waals surface area contributed by atoms with Gasteiger partial charge in [-0.3, -0.25) is 15.2 Å². The lowest BCUT2D eigenvalue weighted by Crippen LogP contribution is -2.44. The molecule has 4 rings (SSSR count). The van der Waals surface area contributed by atoms with Crippen molar-refractivity contribution in [3.63, 3.8) is 0 Å². The van der Waals surface area contributed by atoms with E-state index < -0.39 is 12.1 Å². The van der Waals surface area contributed by atoms with Gasteiger partial charge in [0.15, 0.2) is 0 Å². The molecule has 0 bridgehead atoms. The number of nitrogens with two attached hydrogens (primary N) is 2. The normalized spacial score (nSPS) is 13.3. The SMILES string of the molecule is N=C(OC(N)=O)c1cc(-c2ccncc2)cc2c1CCN2C(=O)C(N)Cc1ccccc1. The lowest BCUT2D eigenvalue weighted by molar-refractivity contribution is -0.119. The van der Waals surface area contributed by atoms with Crippen molar-refractivity contribution in [1.29, 1.82) is 5.41 Å². The Labute approximate surface area is 185 Å². The average Bonchev–Trinajstić information content (AvgIpc) is 3.22. The number of carbonyl (C=O) groups is 2. The molecule has 0 saturated carbocycles. The number of carbonyl (C=O) groups excluding carboxylic acids is 2. The first-order valence-electron chi connectivity index (χ1n) is 10.2. The van der Waals surface area contributed by atoms with Crippen LogP contribution in [-0.4, -0.2) is 35.5 Å². The number of benzene rings is 2. The maximum atomic E-state index is 13.3. The molecule has 1 aliphatic rings. The van der Waals surface area contributed by atoms with Crippen LogP contribution < -0.4 is 16.4 Å². The van der Waals surface area contributed by atoms with Gasteiger partial charge in [-0.15, -0.1) is 0 Å². The predicted molar refractivity (Wildman–Crippen MR) is 121 cm³/mol. The Morgan fingerprint density at radius 2 is 1.81 bits per heavy atom. The summed E-state index contributed by atoms with van der Waals surface area (Å²) >= 11 is 0. The van der Waals surface area contributed by atoms with E-state index in [1.807, 2.05) is 48.5 Å². The fourth-order valence-electron chi connectivity index (χ4n) is 3.96. The van der Waals surface area contributed by atoms with Crippen LogP contribution in [0.1, 0.15) is 16.7 Å². The third-order valence-electron chi connectivity index (χ3n) is 5.45. The number of hydrogen-bond acceptors (Lipinski definition) is 6. The first-order valence-corrected chi connectivity index (χ1v) is 10.2. The monoisotopic (exact) mass is 429 g/mol. The van der Waals surface area contributed by atoms with Crippen LogP contribution in [0.2, 0.25) is 0 Å². The summed E-state index contributed by atoms with van der Waals surface area (Å²) in [6, 6.07) is 16.2. The molecule has 8 heteroatoms. The van der Waals surface area contributed by atoms with Crippen LogP contribution in [0.15, 0.2) is 67.0 Å². The summed E-state index contributed by atoms with van der Waals surface area (Å²) in [6.45, 7) is 0.424. The van der Waals surface area contributed by atoms with Gasteiger partial charge in [-0.1, -0.05) is 30.3 Å². The fourth-order valence-corrected chi connectivity index (χ4v) is 3.96. The molecule has 1 aromatic heterocycles. The third kappa shape index (κ3) is 4.35. The first kappa shape index (κ1) is 21.2. The number of aromatic nitrogens is 1. The predicted octanol–water partition coefficient (Wildman–Crippen LogP) is 2.63. The summed E-state index contributed by atoms with van der Waals surface area (Å²) in [7, 11) is 0. The van der Waals surface area contributed by atoms with Gasteiger partial charge in [0.1, 0.15) is 0 Å². The Morgan fingerprint density at radius 3 is 2.50 bits per heavy atom. The van der Waals surface area contributed by atoms with Gasteiger partial charge >= 0.3 is 6.09 Å².